The summed E-state index contributed by atoms with van der Waals surface area (Å²) in [6.45, 7) is 0. The normalized spacial score (nSPS) is 14.0. The van der Waals surface area contributed by atoms with Gasteiger partial charge in [0.15, 0.2) is 0 Å². The smallest absolute Gasteiger partial charge is 0.316 e. The third-order valence-corrected chi connectivity index (χ3v) is 2.02. The van der Waals surface area contributed by atoms with E-state index in [4.69, 9.17) is 0 Å². The SMILES string of the molecule is Cl.N[C@@H](c1ccc(C(F)(F)F)cc1F)C(F)(F)F. The molecular weight excluding hydrogens is 291 g/mol. The van der Waals surface area contributed by atoms with Crippen molar-refractivity contribution in [3.05, 3.63) is 35.1 Å². The molecule has 1 aromatic rings. The van der Waals surface area contributed by atoms with Crippen LogP contribution in [0, 0.1) is 5.82 Å². The highest BCUT2D eigenvalue weighted by molar-refractivity contribution is 5.85. The molecule has 0 fully saturated rings. The zero-order valence-corrected chi connectivity index (χ0v) is 9.26. The van der Waals surface area contributed by atoms with E-state index in [1.54, 1.807) is 0 Å². The summed E-state index contributed by atoms with van der Waals surface area (Å²) in [5, 5.41) is 0. The van der Waals surface area contributed by atoms with E-state index in [2.05, 4.69) is 5.73 Å². The second kappa shape index (κ2) is 5.31. The van der Waals surface area contributed by atoms with Gasteiger partial charge in [0.25, 0.3) is 0 Å². The number of rotatable bonds is 1. The Kier molecular flexibility index (Phi) is 5.01. The standard InChI is InChI=1S/C9H6F7N.ClH/c10-6-3-4(8(11,12)13)1-2-5(6)7(17)9(14,15)16;/h1-3,7H,17H2;1H/t7-;/m0./s1. The van der Waals surface area contributed by atoms with Crippen LogP contribution in [0.1, 0.15) is 17.2 Å². The molecule has 0 bridgehead atoms. The molecule has 1 nitrogen and oxygen atoms in total. The summed E-state index contributed by atoms with van der Waals surface area (Å²) in [5.74, 6) is -1.63. The Labute approximate surface area is 103 Å². The molecule has 1 aromatic carbocycles. The van der Waals surface area contributed by atoms with Crippen molar-refractivity contribution in [3.8, 4) is 0 Å². The maximum atomic E-state index is 13.1. The largest absolute Gasteiger partial charge is 0.416 e. The van der Waals surface area contributed by atoms with Crippen molar-refractivity contribution in [2.75, 3.05) is 0 Å². The molecule has 104 valence electrons. The molecule has 0 unspecified atom stereocenters. The van der Waals surface area contributed by atoms with Crippen LogP contribution in [-0.4, -0.2) is 6.18 Å². The van der Waals surface area contributed by atoms with Crippen molar-refractivity contribution in [2.24, 2.45) is 5.73 Å². The molecule has 1 rings (SSSR count). The van der Waals surface area contributed by atoms with E-state index in [0.29, 0.717) is 12.1 Å². The second-order valence-electron chi connectivity index (χ2n) is 3.25. The van der Waals surface area contributed by atoms with Crippen molar-refractivity contribution in [1.29, 1.82) is 0 Å². The number of alkyl halides is 6. The molecule has 9 heteroatoms. The predicted molar refractivity (Wildman–Crippen MR) is 51.6 cm³/mol. The van der Waals surface area contributed by atoms with E-state index < -0.39 is 35.3 Å². The number of hydrogen-bond donors (Lipinski definition) is 1. The van der Waals surface area contributed by atoms with Crippen molar-refractivity contribution in [1.82, 2.24) is 0 Å². The van der Waals surface area contributed by atoms with Gasteiger partial charge in [0, 0.05) is 5.56 Å². The predicted octanol–water partition coefficient (Wildman–Crippen LogP) is 3.83. The summed E-state index contributed by atoms with van der Waals surface area (Å²) in [5.41, 5.74) is 2.30. The molecule has 2 N–H and O–H groups in total. The molecule has 0 saturated carbocycles. The summed E-state index contributed by atoms with van der Waals surface area (Å²) < 4.78 is 85.8. The van der Waals surface area contributed by atoms with E-state index in [1.165, 1.54) is 0 Å². The van der Waals surface area contributed by atoms with Gasteiger partial charge in [-0.1, -0.05) is 6.07 Å². The molecular formula is C9H7ClF7N. The Morgan fingerprint density at radius 2 is 1.50 bits per heavy atom. The average Bonchev–Trinajstić information content (AvgIpc) is 2.13. The summed E-state index contributed by atoms with van der Waals surface area (Å²) in [6, 6.07) is -1.92. The summed E-state index contributed by atoms with van der Waals surface area (Å²) in [7, 11) is 0. The lowest BCUT2D eigenvalue weighted by Crippen LogP contribution is -2.29. The van der Waals surface area contributed by atoms with Crippen molar-refractivity contribution in [2.45, 2.75) is 18.4 Å². The number of benzene rings is 1. The van der Waals surface area contributed by atoms with Gasteiger partial charge in [-0.15, -0.1) is 12.4 Å². The minimum atomic E-state index is -4.92. The summed E-state index contributed by atoms with van der Waals surface area (Å²) in [4.78, 5) is 0. The Morgan fingerprint density at radius 1 is 1.00 bits per heavy atom. The van der Waals surface area contributed by atoms with Crippen LogP contribution in [0.15, 0.2) is 18.2 Å². The van der Waals surface area contributed by atoms with Crippen LogP contribution >= 0.6 is 12.4 Å². The topological polar surface area (TPSA) is 26.0 Å². The molecule has 0 amide bonds. The Morgan fingerprint density at radius 3 is 1.83 bits per heavy atom. The fourth-order valence-electron chi connectivity index (χ4n) is 1.13. The lowest BCUT2D eigenvalue weighted by atomic mass is 10.0. The van der Waals surface area contributed by atoms with Crippen LogP contribution in [0.2, 0.25) is 0 Å². The van der Waals surface area contributed by atoms with Crippen LogP contribution in [0.3, 0.4) is 0 Å². The third-order valence-electron chi connectivity index (χ3n) is 2.02. The first kappa shape index (κ1) is 17.0. The molecule has 0 aliphatic carbocycles. The van der Waals surface area contributed by atoms with Crippen molar-refractivity contribution < 1.29 is 30.7 Å². The summed E-state index contributed by atoms with van der Waals surface area (Å²) in [6.07, 6.45) is -9.73. The van der Waals surface area contributed by atoms with Gasteiger partial charge in [0.05, 0.1) is 5.56 Å². The van der Waals surface area contributed by atoms with E-state index in [-0.39, 0.29) is 18.5 Å². The van der Waals surface area contributed by atoms with E-state index >= 15 is 0 Å². The number of hydrogen-bond acceptors (Lipinski definition) is 1. The van der Waals surface area contributed by atoms with Gasteiger partial charge in [-0.05, 0) is 12.1 Å². The maximum absolute atomic E-state index is 13.1. The van der Waals surface area contributed by atoms with Crippen molar-refractivity contribution >= 4 is 12.4 Å². The monoisotopic (exact) mass is 297 g/mol. The van der Waals surface area contributed by atoms with Gasteiger partial charge < -0.3 is 5.73 Å². The fourth-order valence-corrected chi connectivity index (χ4v) is 1.13. The Bertz CT molecular complexity index is 412. The first-order valence-corrected chi connectivity index (χ1v) is 4.22. The summed E-state index contributed by atoms with van der Waals surface area (Å²) >= 11 is 0. The van der Waals surface area contributed by atoms with Crippen LogP contribution in [0.5, 0.6) is 0 Å². The van der Waals surface area contributed by atoms with Crippen LogP contribution in [-0.2, 0) is 6.18 Å². The van der Waals surface area contributed by atoms with E-state index in [9.17, 15) is 30.7 Å². The van der Waals surface area contributed by atoms with E-state index in [0.717, 1.165) is 0 Å². The molecule has 0 radical (unpaired) electrons. The van der Waals surface area contributed by atoms with Gasteiger partial charge in [-0.3, -0.25) is 0 Å². The second-order valence-corrected chi connectivity index (χ2v) is 3.25. The Hall–Kier alpha value is -1.02. The lowest BCUT2D eigenvalue weighted by molar-refractivity contribution is -0.149. The highest BCUT2D eigenvalue weighted by Crippen LogP contribution is 2.35. The van der Waals surface area contributed by atoms with Gasteiger partial charge in [0.1, 0.15) is 11.9 Å². The molecule has 0 saturated heterocycles. The molecule has 1 atom stereocenters. The number of halogens is 8. The first-order valence-electron chi connectivity index (χ1n) is 4.22. The number of nitrogens with two attached hydrogens (primary N) is 1. The average molecular weight is 298 g/mol. The van der Waals surface area contributed by atoms with Crippen molar-refractivity contribution in [3.63, 3.8) is 0 Å². The van der Waals surface area contributed by atoms with Gasteiger partial charge >= 0.3 is 12.4 Å². The molecule has 0 aliphatic heterocycles. The molecule has 0 heterocycles. The van der Waals surface area contributed by atoms with Crippen LogP contribution in [0.25, 0.3) is 0 Å². The molecule has 0 aromatic heterocycles. The molecule has 0 spiro atoms. The van der Waals surface area contributed by atoms with Crippen LogP contribution < -0.4 is 5.73 Å². The minimum Gasteiger partial charge on any atom is -0.316 e. The zero-order valence-electron chi connectivity index (χ0n) is 8.44. The maximum Gasteiger partial charge on any atom is 0.416 e. The molecule has 0 aliphatic rings. The third kappa shape index (κ3) is 3.74. The van der Waals surface area contributed by atoms with Crippen LogP contribution in [0.4, 0.5) is 30.7 Å². The highest BCUT2D eigenvalue weighted by Gasteiger charge is 2.40. The Balaban J connectivity index is 0.00000289. The molecule has 18 heavy (non-hydrogen) atoms. The quantitative estimate of drug-likeness (QED) is 0.783. The van der Waals surface area contributed by atoms with Gasteiger partial charge in [-0.2, -0.15) is 26.3 Å². The first-order chi connectivity index (χ1) is 7.53. The van der Waals surface area contributed by atoms with E-state index in [1.807, 2.05) is 0 Å². The fraction of sp³-hybridized carbons (Fsp3) is 0.333. The van der Waals surface area contributed by atoms with Gasteiger partial charge in [0.2, 0.25) is 0 Å². The highest BCUT2D eigenvalue weighted by atomic mass is 35.5. The van der Waals surface area contributed by atoms with Gasteiger partial charge in [-0.25, -0.2) is 4.39 Å². The minimum absolute atomic E-state index is 0. The zero-order chi connectivity index (χ0) is 13.4. The lowest BCUT2D eigenvalue weighted by Gasteiger charge is -2.17.